The molecular weight excluding hydrogens is 460 g/mol. The molecule has 0 N–H and O–H groups in total. The number of amides is 1. The fourth-order valence-electron chi connectivity index (χ4n) is 4.44. The molecule has 0 saturated heterocycles. The number of thioether (sulfide) groups is 1. The first-order valence-electron chi connectivity index (χ1n) is 11.7. The number of carbonyl (C=O) groups excluding carboxylic acids is 1. The van der Waals surface area contributed by atoms with Crippen LogP contribution in [-0.2, 0) is 4.79 Å². The third-order valence-corrected chi connectivity index (χ3v) is 7.37. The minimum atomic E-state index is -0.301. The number of aromatic nitrogens is 2. The molecule has 8 heteroatoms. The van der Waals surface area contributed by atoms with Crippen molar-refractivity contribution in [2.24, 2.45) is 5.10 Å². The molecule has 2 aliphatic rings. The van der Waals surface area contributed by atoms with Gasteiger partial charge in [0.05, 0.1) is 28.6 Å². The first-order chi connectivity index (χ1) is 17.1. The first-order valence-corrected chi connectivity index (χ1v) is 12.7. The minimum absolute atomic E-state index is 0.0395. The van der Waals surface area contributed by atoms with Crippen LogP contribution in [-0.4, -0.2) is 31.9 Å². The monoisotopic (exact) mass is 484 g/mol. The summed E-state index contributed by atoms with van der Waals surface area (Å²) in [6, 6.07) is 19.1. The van der Waals surface area contributed by atoms with Crippen LogP contribution in [0.25, 0.3) is 10.9 Å². The highest BCUT2D eigenvalue weighted by Gasteiger charge is 2.35. The molecule has 35 heavy (non-hydrogen) atoms. The number of hydrogen-bond acceptors (Lipinski definition) is 6. The van der Waals surface area contributed by atoms with E-state index in [9.17, 15) is 9.59 Å². The van der Waals surface area contributed by atoms with Gasteiger partial charge in [-0.1, -0.05) is 53.7 Å². The van der Waals surface area contributed by atoms with Crippen molar-refractivity contribution in [1.29, 1.82) is 0 Å². The van der Waals surface area contributed by atoms with E-state index in [0.29, 0.717) is 28.2 Å². The predicted octanol–water partition coefficient (Wildman–Crippen LogP) is 5.10. The summed E-state index contributed by atoms with van der Waals surface area (Å²) in [7, 11) is 0. The van der Waals surface area contributed by atoms with E-state index in [1.54, 1.807) is 10.8 Å². The number of furan rings is 1. The maximum absolute atomic E-state index is 13.4. The number of benzene rings is 2. The van der Waals surface area contributed by atoms with Crippen molar-refractivity contribution in [1.82, 2.24) is 14.6 Å². The summed E-state index contributed by atoms with van der Waals surface area (Å²) in [6.07, 6.45) is 4.11. The van der Waals surface area contributed by atoms with Gasteiger partial charge in [-0.15, -0.1) is 0 Å². The maximum Gasteiger partial charge on any atom is 0.262 e. The van der Waals surface area contributed by atoms with Crippen molar-refractivity contribution in [3.8, 4) is 0 Å². The Bertz CT molecular complexity index is 1490. The first kappa shape index (κ1) is 21.9. The number of fused-ring (bicyclic) bond motifs is 1. The number of nitrogens with zero attached hydrogens (tertiary/aromatic N) is 4. The highest BCUT2D eigenvalue weighted by Crippen LogP contribution is 2.38. The number of para-hydroxylation sites is 1. The predicted molar refractivity (Wildman–Crippen MR) is 136 cm³/mol. The molecule has 0 bridgehead atoms. The van der Waals surface area contributed by atoms with Gasteiger partial charge in [-0.2, -0.15) is 5.10 Å². The number of hydrazone groups is 1. The Labute approximate surface area is 206 Å². The van der Waals surface area contributed by atoms with Crippen molar-refractivity contribution in [3.05, 3.63) is 94.2 Å². The molecule has 1 unspecified atom stereocenters. The molecule has 2 aromatic carbocycles. The van der Waals surface area contributed by atoms with Gasteiger partial charge >= 0.3 is 0 Å². The van der Waals surface area contributed by atoms with Gasteiger partial charge in [0.25, 0.3) is 11.5 Å². The van der Waals surface area contributed by atoms with E-state index in [1.165, 1.54) is 22.3 Å². The number of aryl methyl sites for hydroxylation is 1. The van der Waals surface area contributed by atoms with Crippen LogP contribution in [0.3, 0.4) is 0 Å². The van der Waals surface area contributed by atoms with E-state index in [1.807, 2.05) is 67.6 Å². The molecule has 3 heterocycles. The average Bonchev–Trinajstić information content (AvgIpc) is 3.37. The second kappa shape index (κ2) is 8.85. The Morgan fingerprint density at radius 3 is 2.63 bits per heavy atom. The van der Waals surface area contributed by atoms with Gasteiger partial charge in [0.2, 0.25) is 0 Å². The molecule has 4 aromatic rings. The van der Waals surface area contributed by atoms with Gasteiger partial charge in [-0.3, -0.25) is 14.2 Å². The Balaban J connectivity index is 1.29. The molecule has 1 atom stereocenters. The number of rotatable bonds is 6. The van der Waals surface area contributed by atoms with Gasteiger partial charge in [-0.05, 0) is 49.6 Å². The summed E-state index contributed by atoms with van der Waals surface area (Å²) in [5, 5.41) is 7.44. The SMILES string of the molecule is Cc1ccc(C2=NN(C(=O)CSc3nc4ccccc4c(=O)n3C3CC3)C(c3ccco3)C2)cc1. The third-order valence-electron chi connectivity index (χ3n) is 6.43. The average molecular weight is 485 g/mol. The molecule has 2 aromatic heterocycles. The second-order valence-corrected chi connectivity index (χ2v) is 9.94. The second-order valence-electron chi connectivity index (χ2n) is 8.99. The zero-order valence-corrected chi connectivity index (χ0v) is 20.1. The molecule has 0 radical (unpaired) electrons. The molecule has 1 aliphatic carbocycles. The Morgan fingerprint density at radius 2 is 1.89 bits per heavy atom. The van der Waals surface area contributed by atoms with Crippen LogP contribution < -0.4 is 5.56 Å². The zero-order valence-electron chi connectivity index (χ0n) is 19.3. The standard InChI is InChI=1S/C27H24N4O3S/c1-17-8-10-18(11-9-17)22-15-23(24-7-4-14-34-24)31(29-22)25(32)16-35-27-28-21-6-3-2-5-20(21)26(33)30(27)19-12-13-19/h2-11,14,19,23H,12-13,15-16H2,1H3. The highest BCUT2D eigenvalue weighted by molar-refractivity contribution is 7.99. The van der Waals surface area contributed by atoms with Gasteiger partial charge < -0.3 is 4.42 Å². The summed E-state index contributed by atoms with van der Waals surface area (Å²) < 4.78 is 7.41. The molecule has 176 valence electrons. The zero-order chi connectivity index (χ0) is 23.9. The van der Waals surface area contributed by atoms with Gasteiger partial charge in [0.15, 0.2) is 5.16 Å². The van der Waals surface area contributed by atoms with E-state index in [4.69, 9.17) is 14.5 Å². The normalized spacial score (nSPS) is 17.7. The highest BCUT2D eigenvalue weighted by atomic mass is 32.2. The van der Waals surface area contributed by atoms with E-state index in [0.717, 1.165) is 24.1 Å². The van der Waals surface area contributed by atoms with Crippen molar-refractivity contribution < 1.29 is 9.21 Å². The van der Waals surface area contributed by atoms with Crippen LogP contribution in [0, 0.1) is 6.92 Å². The Kier molecular flexibility index (Phi) is 5.53. The van der Waals surface area contributed by atoms with Crippen molar-refractivity contribution >= 4 is 34.3 Å². The quantitative estimate of drug-likeness (QED) is 0.281. The van der Waals surface area contributed by atoms with E-state index in [2.05, 4.69) is 0 Å². The Hall–Kier alpha value is -3.65. The van der Waals surface area contributed by atoms with Crippen molar-refractivity contribution in [3.63, 3.8) is 0 Å². The maximum atomic E-state index is 13.4. The summed E-state index contributed by atoms with van der Waals surface area (Å²) in [5.41, 5.74) is 3.63. The summed E-state index contributed by atoms with van der Waals surface area (Å²) in [4.78, 5) is 31.3. The van der Waals surface area contributed by atoms with Gasteiger partial charge in [-0.25, -0.2) is 9.99 Å². The molecular formula is C27H24N4O3S. The lowest BCUT2D eigenvalue weighted by Crippen LogP contribution is -2.29. The molecule has 6 rings (SSSR count). The summed E-state index contributed by atoms with van der Waals surface area (Å²) >= 11 is 1.30. The van der Waals surface area contributed by atoms with Crippen LogP contribution in [0.15, 0.2) is 86.4 Å². The van der Waals surface area contributed by atoms with Crippen LogP contribution in [0.2, 0.25) is 0 Å². The third kappa shape index (κ3) is 4.18. The van der Waals surface area contributed by atoms with Crippen molar-refractivity contribution in [2.45, 2.75) is 43.4 Å². The summed E-state index contributed by atoms with van der Waals surface area (Å²) in [6.45, 7) is 2.04. The van der Waals surface area contributed by atoms with Crippen LogP contribution in [0.4, 0.5) is 0 Å². The smallest absolute Gasteiger partial charge is 0.262 e. The lowest BCUT2D eigenvalue weighted by molar-refractivity contribution is -0.130. The molecule has 1 saturated carbocycles. The molecule has 1 fully saturated rings. The molecule has 1 aliphatic heterocycles. The van der Waals surface area contributed by atoms with Crippen LogP contribution in [0.1, 0.15) is 48.2 Å². The van der Waals surface area contributed by atoms with E-state index >= 15 is 0 Å². The molecule has 7 nitrogen and oxygen atoms in total. The number of hydrogen-bond donors (Lipinski definition) is 0. The molecule has 1 amide bonds. The van der Waals surface area contributed by atoms with E-state index in [-0.39, 0.29) is 29.3 Å². The Morgan fingerprint density at radius 1 is 1.09 bits per heavy atom. The van der Waals surface area contributed by atoms with Crippen LogP contribution in [0.5, 0.6) is 0 Å². The topological polar surface area (TPSA) is 80.7 Å². The minimum Gasteiger partial charge on any atom is -0.467 e. The van der Waals surface area contributed by atoms with Gasteiger partial charge in [0.1, 0.15) is 11.8 Å². The van der Waals surface area contributed by atoms with Crippen LogP contribution >= 0.6 is 11.8 Å². The lowest BCUT2D eigenvalue weighted by atomic mass is 10.0. The summed E-state index contributed by atoms with van der Waals surface area (Å²) in [5.74, 6) is 0.676. The van der Waals surface area contributed by atoms with E-state index < -0.39 is 0 Å². The van der Waals surface area contributed by atoms with Crippen molar-refractivity contribution in [2.75, 3.05) is 5.75 Å². The largest absolute Gasteiger partial charge is 0.467 e. The number of carbonyl (C=O) groups is 1. The fourth-order valence-corrected chi connectivity index (χ4v) is 5.36. The lowest BCUT2D eigenvalue weighted by Gasteiger charge is -2.20. The fraction of sp³-hybridized carbons (Fsp3) is 0.259. The van der Waals surface area contributed by atoms with Gasteiger partial charge in [0, 0.05) is 12.5 Å². The molecule has 0 spiro atoms.